The Morgan fingerprint density at radius 1 is 1.27 bits per heavy atom. The molecule has 0 saturated carbocycles. The second-order valence-electron chi connectivity index (χ2n) is 9.76. The van der Waals surface area contributed by atoms with E-state index in [1.165, 1.54) is 31.7 Å². The highest BCUT2D eigenvalue weighted by Crippen LogP contribution is 2.42. The topological polar surface area (TPSA) is 76.6 Å². The lowest BCUT2D eigenvalue weighted by atomic mass is 9.95. The van der Waals surface area contributed by atoms with Gasteiger partial charge in [-0.05, 0) is 56.7 Å². The molecule has 1 aromatic carbocycles. The minimum absolute atomic E-state index is 0.140. The monoisotopic (exact) mass is 455 g/mol. The lowest BCUT2D eigenvalue weighted by molar-refractivity contribution is 0.100. The summed E-state index contributed by atoms with van der Waals surface area (Å²) in [7, 11) is 1.43. The van der Waals surface area contributed by atoms with Gasteiger partial charge in [-0.25, -0.2) is 14.2 Å². The molecule has 0 unspecified atom stereocenters. The van der Waals surface area contributed by atoms with Crippen LogP contribution in [0.25, 0.3) is 0 Å². The third kappa shape index (κ3) is 4.26. The first-order valence-electron chi connectivity index (χ1n) is 12.1. The van der Waals surface area contributed by atoms with Crippen LogP contribution in [0.15, 0.2) is 24.3 Å². The van der Waals surface area contributed by atoms with Crippen molar-refractivity contribution >= 4 is 6.09 Å². The smallest absolute Gasteiger partial charge is 0.409 e. The first-order valence-corrected chi connectivity index (χ1v) is 12.1. The number of carbonyl (C=O) groups excluding carboxylic acids is 1. The van der Waals surface area contributed by atoms with E-state index >= 15 is 0 Å². The fourth-order valence-corrected chi connectivity index (χ4v) is 6.32. The van der Waals surface area contributed by atoms with Gasteiger partial charge in [0.05, 0.1) is 19.3 Å². The van der Waals surface area contributed by atoms with Crippen molar-refractivity contribution in [3.05, 3.63) is 52.9 Å². The average molecular weight is 456 g/mol. The fourth-order valence-electron chi connectivity index (χ4n) is 6.32. The molecular formula is C25H34FN5O2. The van der Waals surface area contributed by atoms with Gasteiger partial charge in [0.1, 0.15) is 11.6 Å². The van der Waals surface area contributed by atoms with Gasteiger partial charge >= 0.3 is 6.09 Å². The van der Waals surface area contributed by atoms with Gasteiger partial charge in [-0.3, -0.25) is 4.90 Å². The minimum Gasteiger partial charge on any atom is -0.453 e. The molecule has 3 aliphatic heterocycles. The van der Waals surface area contributed by atoms with Crippen molar-refractivity contribution in [2.45, 2.75) is 76.2 Å². The predicted octanol–water partition coefficient (Wildman–Crippen LogP) is 3.71. The minimum atomic E-state index is -0.282. The number of hydrogen-bond donors (Lipinski definition) is 1. The number of halogens is 1. The quantitative estimate of drug-likeness (QED) is 0.744. The molecule has 4 atom stereocenters. The van der Waals surface area contributed by atoms with E-state index in [-0.39, 0.29) is 18.0 Å². The van der Waals surface area contributed by atoms with Crippen LogP contribution in [0.5, 0.6) is 0 Å². The molecule has 2 aromatic rings. The largest absolute Gasteiger partial charge is 0.453 e. The predicted molar refractivity (Wildman–Crippen MR) is 123 cm³/mol. The maximum atomic E-state index is 13.6. The Hall–Kier alpha value is -2.45. The standard InChI is InChI=1S/C25H34FN5O2/c1-16-28-23-15-29(25(32)33-2)10-9-24(23)31(16)21-13-19-6-7-20(14-21)30(19)11-8-22(27)17-4-3-5-18(26)12-17/h3-5,12,19-22H,6-11,13-15,27H2,1-2H3/t19-,20+,21+,22-/m0/s1. The van der Waals surface area contributed by atoms with E-state index in [0.717, 1.165) is 49.3 Å². The number of imidazole rings is 1. The molecule has 1 amide bonds. The lowest BCUT2D eigenvalue weighted by Gasteiger charge is -2.41. The maximum Gasteiger partial charge on any atom is 0.409 e. The summed E-state index contributed by atoms with van der Waals surface area (Å²) in [6, 6.07) is 8.10. The molecule has 2 bridgehead atoms. The molecule has 7 nitrogen and oxygen atoms in total. The zero-order valence-corrected chi connectivity index (χ0v) is 19.5. The van der Waals surface area contributed by atoms with Crippen molar-refractivity contribution in [2.75, 3.05) is 20.2 Å². The zero-order chi connectivity index (χ0) is 23.1. The number of rotatable bonds is 5. The van der Waals surface area contributed by atoms with Crippen LogP contribution in [0.1, 0.15) is 67.0 Å². The summed E-state index contributed by atoms with van der Waals surface area (Å²) in [5, 5.41) is 0. The van der Waals surface area contributed by atoms with E-state index < -0.39 is 0 Å². The molecule has 3 aliphatic rings. The van der Waals surface area contributed by atoms with E-state index in [1.54, 1.807) is 17.0 Å². The summed E-state index contributed by atoms with van der Waals surface area (Å²) in [5.41, 5.74) is 9.57. The van der Waals surface area contributed by atoms with E-state index in [9.17, 15) is 9.18 Å². The first-order chi connectivity index (χ1) is 15.9. The zero-order valence-electron chi connectivity index (χ0n) is 19.5. The number of piperidine rings is 1. The van der Waals surface area contributed by atoms with Crippen molar-refractivity contribution in [1.29, 1.82) is 0 Å². The summed E-state index contributed by atoms with van der Waals surface area (Å²) < 4.78 is 20.9. The molecule has 2 N–H and O–H groups in total. The van der Waals surface area contributed by atoms with E-state index in [0.29, 0.717) is 31.2 Å². The SMILES string of the molecule is COC(=O)N1CCc2c(nc(C)n2[C@H]2C[C@H]3CC[C@@H](C2)N3CC[C@H](N)c2cccc(F)c2)C1. The molecule has 4 heterocycles. The molecule has 0 aliphatic carbocycles. The van der Waals surface area contributed by atoms with Crippen LogP contribution < -0.4 is 5.73 Å². The third-order valence-electron chi connectivity index (χ3n) is 7.86. The summed E-state index contributed by atoms with van der Waals surface area (Å²) in [4.78, 5) is 21.2. The van der Waals surface area contributed by atoms with Crippen LogP contribution in [0.2, 0.25) is 0 Å². The van der Waals surface area contributed by atoms with Gasteiger partial charge in [-0.2, -0.15) is 0 Å². The van der Waals surface area contributed by atoms with Gasteiger partial charge in [-0.1, -0.05) is 12.1 Å². The molecule has 2 saturated heterocycles. The molecule has 33 heavy (non-hydrogen) atoms. The number of nitrogens with zero attached hydrogens (tertiary/aromatic N) is 4. The lowest BCUT2D eigenvalue weighted by Crippen LogP contribution is -2.45. The van der Waals surface area contributed by atoms with Crippen LogP contribution in [0, 0.1) is 12.7 Å². The van der Waals surface area contributed by atoms with Crippen LogP contribution in [0.4, 0.5) is 9.18 Å². The second-order valence-corrected chi connectivity index (χ2v) is 9.76. The van der Waals surface area contributed by atoms with Gasteiger partial charge in [0.25, 0.3) is 0 Å². The second kappa shape index (κ2) is 9.06. The molecule has 1 aromatic heterocycles. The number of carbonyl (C=O) groups is 1. The highest BCUT2D eigenvalue weighted by Gasteiger charge is 2.42. The van der Waals surface area contributed by atoms with Crippen LogP contribution in [-0.2, 0) is 17.7 Å². The Morgan fingerprint density at radius 2 is 2.03 bits per heavy atom. The highest BCUT2D eigenvalue weighted by molar-refractivity contribution is 5.67. The molecule has 5 rings (SSSR count). The van der Waals surface area contributed by atoms with Gasteiger partial charge in [-0.15, -0.1) is 0 Å². The van der Waals surface area contributed by atoms with Crippen molar-refractivity contribution in [3.63, 3.8) is 0 Å². The number of hydrogen-bond acceptors (Lipinski definition) is 5. The molecule has 178 valence electrons. The van der Waals surface area contributed by atoms with Crippen LogP contribution in [-0.4, -0.2) is 57.7 Å². The highest BCUT2D eigenvalue weighted by atomic mass is 19.1. The van der Waals surface area contributed by atoms with Crippen molar-refractivity contribution < 1.29 is 13.9 Å². The average Bonchev–Trinajstić information content (AvgIpc) is 3.26. The molecule has 0 spiro atoms. The fraction of sp³-hybridized carbons (Fsp3) is 0.600. The molecule has 8 heteroatoms. The Morgan fingerprint density at radius 3 is 2.73 bits per heavy atom. The van der Waals surface area contributed by atoms with Crippen molar-refractivity contribution in [1.82, 2.24) is 19.4 Å². The maximum absolute atomic E-state index is 13.6. The number of fused-ring (bicyclic) bond motifs is 3. The molecule has 2 fully saturated rings. The van der Waals surface area contributed by atoms with Crippen molar-refractivity contribution in [3.8, 4) is 0 Å². The summed E-state index contributed by atoms with van der Waals surface area (Å²) in [6.07, 6.45) is 6.07. The normalized spacial score (nSPS) is 25.7. The number of aromatic nitrogens is 2. The van der Waals surface area contributed by atoms with E-state index in [1.807, 2.05) is 6.07 Å². The Bertz CT molecular complexity index is 1010. The van der Waals surface area contributed by atoms with E-state index in [4.69, 9.17) is 15.5 Å². The summed E-state index contributed by atoms with van der Waals surface area (Å²) in [6.45, 7) is 4.25. The van der Waals surface area contributed by atoms with Gasteiger partial charge in [0.15, 0.2) is 0 Å². The summed E-state index contributed by atoms with van der Waals surface area (Å²) in [5.74, 6) is 0.829. The molecular weight excluding hydrogens is 421 g/mol. The first kappa shape index (κ1) is 22.3. The Kier molecular flexibility index (Phi) is 6.14. The number of aryl methyl sites for hydroxylation is 1. The van der Waals surface area contributed by atoms with Crippen LogP contribution in [0.3, 0.4) is 0 Å². The number of amides is 1. The molecule has 0 radical (unpaired) electrons. The van der Waals surface area contributed by atoms with Crippen LogP contribution >= 0.6 is 0 Å². The van der Waals surface area contributed by atoms with Gasteiger partial charge in [0.2, 0.25) is 0 Å². The Balaban J connectivity index is 1.25. The number of nitrogens with two attached hydrogens (primary N) is 1. The van der Waals surface area contributed by atoms with Gasteiger partial charge in [0, 0.05) is 49.4 Å². The number of benzene rings is 1. The summed E-state index contributed by atoms with van der Waals surface area (Å²) >= 11 is 0. The Labute approximate surface area is 194 Å². The number of ether oxygens (including phenoxy) is 1. The van der Waals surface area contributed by atoms with Gasteiger partial charge < -0.3 is 19.9 Å². The number of methoxy groups -OCH3 is 1. The van der Waals surface area contributed by atoms with E-state index in [2.05, 4.69) is 16.4 Å². The third-order valence-corrected chi connectivity index (χ3v) is 7.86. The van der Waals surface area contributed by atoms with Crippen molar-refractivity contribution in [2.24, 2.45) is 5.73 Å².